The summed E-state index contributed by atoms with van der Waals surface area (Å²) in [7, 11) is 3.90. The molecule has 2 amide bonds. The Bertz CT molecular complexity index is 638. The van der Waals surface area contributed by atoms with E-state index in [-0.39, 0.29) is 6.03 Å². The van der Waals surface area contributed by atoms with Gasteiger partial charge in [0.15, 0.2) is 0 Å². The van der Waals surface area contributed by atoms with E-state index in [1.807, 2.05) is 37.2 Å². The molecule has 1 spiro atoms. The summed E-state index contributed by atoms with van der Waals surface area (Å²) in [5, 5.41) is 3.01. The van der Waals surface area contributed by atoms with Gasteiger partial charge in [-0.05, 0) is 43.7 Å². The molecule has 4 rings (SSSR count). The number of pyridine rings is 1. The zero-order chi connectivity index (χ0) is 17.4. The van der Waals surface area contributed by atoms with Crippen LogP contribution in [0.1, 0.15) is 32.1 Å². The van der Waals surface area contributed by atoms with Crippen molar-refractivity contribution < 1.29 is 9.53 Å². The number of hydrogen-bond acceptors (Lipinski definition) is 4. The number of urea groups is 1. The van der Waals surface area contributed by atoms with Crippen molar-refractivity contribution in [3.8, 4) is 0 Å². The Morgan fingerprint density at radius 2 is 2.08 bits per heavy atom. The molecule has 3 aliphatic rings. The fourth-order valence-corrected chi connectivity index (χ4v) is 4.74. The zero-order valence-corrected chi connectivity index (χ0v) is 15.2. The molecule has 25 heavy (non-hydrogen) atoms. The second kappa shape index (κ2) is 6.48. The van der Waals surface area contributed by atoms with Gasteiger partial charge >= 0.3 is 6.03 Å². The number of amides is 2. The number of ether oxygens (including phenoxy) is 1. The molecule has 1 aromatic rings. The number of carbonyl (C=O) groups is 1. The van der Waals surface area contributed by atoms with Gasteiger partial charge in [0.1, 0.15) is 11.6 Å². The number of likely N-dealkylation sites (tertiary alicyclic amines) is 1. The number of anilines is 2. The Balaban J connectivity index is 1.46. The molecule has 6 nitrogen and oxygen atoms in total. The van der Waals surface area contributed by atoms with Crippen LogP contribution in [-0.2, 0) is 4.74 Å². The van der Waals surface area contributed by atoms with Crippen LogP contribution in [0.25, 0.3) is 0 Å². The highest BCUT2D eigenvalue weighted by molar-refractivity contribution is 5.89. The van der Waals surface area contributed by atoms with Crippen LogP contribution in [0, 0.1) is 11.3 Å². The van der Waals surface area contributed by atoms with Gasteiger partial charge in [-0.2, -0.15) is 0 Å². The lowest BCUT2D eigenvalue weighted by molar-refractivity contribution is -0.135. The van der Waals surface area contributed by atoms with Crippen LogP contribution in [0.5, 0.6) is 0 Å². The Morgan fingerprint density at radius 1 is 1.32 bits per heavy atom. The van der Waals surface area contributed by atoms with Gasteiger partial charge in [-0.25, -0.2) is 9.78 Å². The molecule has 1 saturated carbocycles. The number of nitrogens with zero attached hydrogens (tertiary/aromatic N) is 3. The van der Waals surface area contributed by atoms with Crippen LogP contribution in [0.3, 0.4) is 0 Å². The molecule has 0 bridgehead atoms. The predicted octanol–water partition coefficient (Wildman–Crippen LogP) is 2.96. The maximum absolute atomic E-state index is 12.9. The molecule has 0 radical (unpaired) electrons. The third-order valence-corrected chi connectivity index (χ3v) is 6.20. The lowest BCUT2D eigenvalue weighted by Crippen LogP contribution is -2.72. The van der Waals surface area contributed by atoms with E-state index in [2.05, 4.69) is 15.2 Å². The van der Waals surface area contributed by atoms with Gasteiger partial charge in [0.2, 0.25) is 0 Å². The van der Waals surface area contributed by atoms with E-state index in [1.54, 1.807) is 0 Å². The van der Waals surface area contributed by atoms with Gasteiger partial charge in [0, 0.05) is 45.3 Å². The molecule has 1 N–H and O–H groups in total. The van der Waals surface area contributed by atoms with Crippen molar-refractivity contribution >= 4 is 17.7 Å². The van der Waals surface area contributed by atoms with Gasteiger partial charge in [-0.3, -0.25) is 5.32 Å². The zero-order valence-electron chi connectivity index (χ0n) is 15.2. The minimum absolute atomic E-state index is 0.00239. The highest BCUT2D eigenvalue weighted by Gasteiger charge is 2.59. The number of aromatic nitrogens is 1. The Labute approximate surface area is 149 Å². The SMILES string of the molecule is CN(C)c1cccc(NC(=O)N2CC3(CCC3)C2C2CCOCC2)n1. The molecular weight excluding hydrogens is 316 g/mol. The summed E-state index contributed by atoms with van der Waals surface area (Å²) in [5.74, 6) is 2.05. The number of nitrogens with one attached hydrogen (secondary N) is 1. The maximum atomic E-state index is 12.9. The first-order chi connectivity index (χ1) is 12.1. The summed E-state index contributed by atoms with van der Waals surface area (Å²) in [6.45, 7) is 2.56. The second-order valence-corrected chi connectivity index (χ2v) is 7.94. The average Bonchev–Trinajstić information content (AvgIpc) is 2.54. The number of carbonyl (C=O) groups excluding carboxylic acids is 1. The van der Waals surface area contributed by atoms with Gasteiger partial charge in [-0.15, -0.1) is 0 Å². The van der Waals surface area contributed by atoms with Crippen molar-refractivity contribution in [2.45, 2.75) is 38.1 Å². The lowest BCUT2D eigenvalue weighted by atomic mass is 9.54. The summed E-state index contributed by atoms with van der Waals surface area (Å²) >= 11 is 0. The van der Waals surface area contributed by atoms with Crippen molar-refractivity contribution in [1.82, 2.24) is 9.88 Å². The average molecular weight is 344 g/mol. The van der Waals surface area contributed by atoms with E-state index >= 15 is 0 Å². The topological polar surface area (TPSA) is 57.7 Å². The summed E-state index contributed by atoms with van der Waals surface area (Å²) in [6, 6.07) is 6.10. The van der Waals surface area contributed by atoms with E-state index in [9.17, 15) is 4.79 Å². The maximum Gasteiger partial charge on any atom is 0.323 e. The molecule has 1 aliphatic carbocycles. The van der Waals surface area contributed by atoms with Crippen molar-refractivity contribution in [1.29, 1.82) is 0 Å². The van der Waals surface area contributed by atoms with Crippen LogP contribution in [0.15, 0.2) is 18.2 Å². The largest absolute Gasteiger partial charge is 0.381 e. The molecule has 2 aliphatic heterocycles. The first kappa shape index (κ1) is 16.6. The summed E-state index contributed by atoms with van der Waals surface area (Å²) in [4.78, 5) is 21.4. The minimum Gasteiger partial charge on any atom is -0.381 e. The fraction of sp³-hybridized carbons (Fsp3) is 0.684. The van der Waals surface area contributed by atoms with Crippen molar-refractivity contribution in [2.75, 3.05) is 44.1 Å². The van der Waals surface area contributed by atoms with E-state index in [1.165, 1.54) is 19.3 Å². The van der Waals surface area contributed by atoms with Crippen LogP contribution >= 0.6 is 0 Å². The van der Waals surface area contributed by atoms with Gasteiger partial charge in [-0.1, -0.05) is 12.5 Å². The molecule has 3 heterocycles. The molecule has 3 fully saturated rings. The van der Waals surface area contributed by atoms with Crippen LogP contribution < -0.4 is 10.2 Å². The first-order valence-corrected chi connectivity index (χ1v) is 9.39. The third-order valence-electron chi connectivity index (χ3n) is 6.20. The molecule has 0 aromatic carbocycles. The summed E-state index contributed by atoms with van der Waals surface area (Å²) in [5.41, 5.74) is 0.387. The van der Waals surface area contributed by atoms with Crippen molar-refractivity contribution in [3.05, 3.63) is 18.2 Å². The quantitative estimate of drug-likeness (QED) is 0.916. The molecule has 6 heteroatoms. The van der Waals surface area contributed by atoms with Crippen molar-refractivity contribution in [3.63, 3.8) is 0 Å². The predicted molar refractivity (Wildman–Crippen MR) is 97.9 cm³/mol. The van der Waals surface area contributed by atoms with E-state index in [0.717, 1.165) is 38.4 Å². The lowest BCUT2D eigenvalue weighted by Gasteiger charge is -2.64. The highest BCUT2D eigenvalue weighted by atomic mass is 16.5. The van der Waals surface area contributed by atoms with E-state index < -0.39 is 0 Å². The van der Waals surface area contributed by atoms with Crippen LogP contribution in [0.4, 0.5) is 16.4 Å². The molecule has 2 saturated heterocycles. The summed E-state index contributed by atoms with van der Waals surface area (Å²) in [6.07, 6.45) is 6.00. The Hall–Kier alpha value is -1.82. The molecule has 136 valence electrons. The minimum atomic E-state index is -0.00239. The van der Waals surface area contributed by atoms with Crippen LogP contribution in [-0.4, -0.2) is 55.8 Å². The molecule has 1 atom stereocenters. The Kier molecular flexibility index (Phi) is 4.31. The van der Waals surface area contributed by atoms with E-state index in [4.69, 9.17) is 4.74 Å². The first-order valence-electron chi connectivity index (χ1n) is 9.39. The Morgan fingerprint density at radius 3 is 2.72 bits per heavy atom. The highest BCUT2D eigenvalue weighted by Crippen LogP contribution is 2.56. The fourth-order valence-electron chi connectivity index (χ4n) is 4.74. The molecule has 1 aromatic heterocycles. The molecular formula is C19H28N4O2. The standard InChI is InChI=1S/C19H28N4O2/c1-22(2)16-6-3-5-15(20-16)21-18(24)23-13-19(9-4-10-19)17(23)14-7-11-25-12-8-14/h3,5-6,14,17H,4,7-13H2,1-2H3,(H,20,21,24). The monoisotopic (exact) mass is 344 g/mol. The smallest absolute Gasteiger partial charge is 0.323 e. The van der Waals surface area contributed by atoms with Crippen LogP contribution in [0.2, 0.25) is 0 Å². The second-order valence-electron chi connectivity index (χ2n) is 7.94. The third kappa shape index (κ3) is 2.97. The number of hydrogen-bond donors (Lipinski definition) is 1. The normalized spacial score (nSPS) is 25.2. The number of rotatable bonds is 3. The van der Waals surface area contributed by atoms with Gasteiger partial charge < -0.3 is 14.5 Å². The van der Waals surface area contributed by atoms with Gasteiger partial charge in [0.05, 0.1) is 0 Å². The van der Waals surface area contributed by atoms with Gasteiger partial charge in [0.25, 0.3) is 0 Å². The van der Waals surface area contributed by atoms with Crippen molar-refractivity contribution in [2.24, 2.45) is 11.3 Å². The molecule has 1 unspecified atom stereocenters. The summed E-state index contributed by atoms with van der Waals surface area (Å²) < 4.78 is 5.53. The van der Waals surface area contributed by atoms with E-state index in [0.29, 0.717) is 23.2 Å².